The van der Waals surface area contributed by atoms with Crippen molar-refractivity contribution in [1.29, 1.82) is 5.26 Å². The maximum absolute atomic E-state index is 10.5. The van der Waals surface area contributed by atoms with Gasteiger partial charge in [0.2, 0.25) is 5.16 Å². The highest BCUT2D eigenvalue weighted by molar-refractivity contribution is 7.99. The van der Waals surface area contributed by atoms with Crippen LogP contribution in [0.5, 0.6) is 0 Å². The molecule has 0 saturated heterocycles. The lowest BCUT2D eigenvalue weighted by atomic mass is 10.1. The molecule has 0 aliphatic carbocycles. The molecule has 9 heteroatoms. The molecule has 4 aromatic rings. The summed E-state index contributed by atoms with van der Waals surface area (Å²) < 4.78 is 2.34. The number of fused-ring (bicyclic) bond motifs is 1. The average Bonchev–Trinajstić information content (AvgIpc) is 3.31. The Labute approximate surface area is 175 Å². The van der Waals surface area contributed by atoms with Gasteiger partial charge in [-0.15, -0.1) is 21.5 Å². The molecule has 7 nitrogen and oxygen atoms in total. The lowest BCUT2D eigenvalue weighted by Gasteiger charge is -2.05. The number of nitrogen functional groups attached to an aromatic ring is 1. The number of aliphatic hydroxyl groups is 1. The van der Waals surface area contributed by atoms with Crippen molar-refractivity contribution in [3.8, 4) is 17.5 Å². The topological polar surface area (TPSA) is 114 Å². The number of thioether (sulfide) groups is 1. The maximum atomic E-state index is 10.5. The third-order valence-corrected chi connectivity index (χ3v) is 6.23. The molecule has 4 rings (SSSR count). The summed E-state index contributed by atoms with van der Waals surface area (Å²) in [6.45, 7) is 2.01. The Hall–Kier alpha value is -3.35. The summed E-state index contributed by atoms with van der Waals surface area (Å²) in [7, 11) is 0. The molecule has 0 amide bonds. The number of aryl methyl sites for hydroxylation is 1. The number of nitrogens with two attached hydrogens (primary N) is 1. The third-order valence-electron chi connectivity index (χ3n) is 4.22. The first-order valence-electron chi connectivity index (χ1n) is 8.65. The van der Waals surface area contributed by atoms with Gasteiger partial charge in [-0.2, -0.15) is 5.26 Å². The van der Waals surface area contributed by atoms with Gasteiger partial charge in [0.05, 0.1) is 16.0 Å². The van der Waals surface area contributed by atoms with E-state index in [0.717, 1.165) is 21.3 Å². The standard InChI is InChI=1S/C20H16N6OS2/c1-12-6-8-13(9-7-12)18-24-25-20(26(18)22)28-11-16(27)14(10-21)19-23-15-4-2-3-5-17(15)29-19/h2-9,27H,11,22H2,1H3/b16-14-. The highest BCUT2D eigenvalue weighted by Gasteiger charge is 2.17. The van der Waals surface area contributed by atoms with Crippen LogP contribution in [0.3, 0.4) is 0 Å². The number of para-hydroxylation sites is 1. The van der Waals surface area contributed by atoms with Crippen LogP contribution >= 0.6 is 23.1 Å². The summed E-state index contributed by atoms with van der Waals surface area (Å²) in [4.78, 5) is 4.44. The van der Waals surface area contributed by atoms with Gasteiger partial charge in [0.15, 0.2) is 5.82 Å². The molecule has 2 aromatic carbocycles. The predicted molar refractivity (Wildman–Crippen MR) is 116 cm³/mol. The smallest absolute Gasteiger partial charge is 0.210 e. The number of thiazole rings is 1. The van der Waals surface area contributed by atoms with Gasteiger partial charge in [0.25, 0.3) is 0 Å². The van der Waals surface area contributed by atoms with Gasteiger partial charge in [0, 0.05) is 5.56 Å². The molecule has 0 bridgehead atoms. The Morgan fingerprint density at radius 1 is 1.21 bits per heavy atom. The summed E-state index contributed by atoms with van der Waals surface area (Å²) in [5.74, 6) is 6.71. The molecule has 2 aromatic heterocycles. The van der Waals surface area contributed by atoms with Crippen LogP contribution in [-0.2, 0) is 0 Å². The molecule has 0 radical (unpaired) electrons. The van der Waals surface area contributed by atoms with Crippen molar-refractivity contribution >= 4 is 38.9 Å². The fraction of sp³-hybridized carbons (Fsp3) is 0.100. The second-order valence-corrected chi connectivity index (χ2v) is 8.22. The number of benzene rings is 2. The highest BCUT2D eigenvalue weighted by atomic mass is 32.2. The summed E-state index contributed by atoms with van der Waals surface area (Å²) in [6, 6.07) is 17.5. The van der Waals surface area contributed by atoms with Gasteiger partial charge in [-0.05, 0) is 19.1 Å². The Morgan fingerprint density at radius 3 is 2.69 bits per heavy atom. The van der Waals surface area contributed by atoms with Crippen molar-refractivity contribution in [3.63, 3.8) is 0 Å². The quantitative estimate of drug-likeness (QED) is 0.216. The first-order chi connectivity index (χ1) is 14.1. The lowest BCUT2D eigenvalue weighted by Crippen LogP contribution is -2.11. The number of nitriles is 1. The van der Waals surface area contributed by atoms with E-state index in [4.69, 9.17) is 5.84 Å². The summed E-state index contributed by atoms with van der Waals surface area (Å²) in [6.07, 6.45) is 0. The summed E-state index contributed by atoms with van der Waals surface area (Å²) >= 11 is 2.57. The molecule has 0 saturated carbocycles. The lowest BCUT2D eigenvalue weighted by molar-refractivity contribution is 0.420. The fourth-order valence-electron chi connectivity index (χ4n) is 2.69. The van der Waals surface area contributed by atoms with E-state index < -0.39 is 0 Å². The van der Waals surface area contributed by atoms with Gasteiger partial charge < -0.3 is 10.9 Å². The molecule has 0 spiro atoms. The molecular formula is C20H16N6OS2. The molecule has 0 aliphatic rings. The van der Waals surface area contributed by atoms with Crippen LogP contribution in [0.25, 0.3) is 27.2 Å². The van der Waals surface area contributed by atoms with Crippen molar-refractivity contribution in [2.45, 2.75) is 12.1 Å². The van der Waals surface area contributed by atoms with Crippen LogP contribution in [0.15, 0.2) is 59.4 Å². The second-order valence-electron chi connectivity index (χ2n) is 6.25. The monoisotopic (exact) mass is 420 g/mol. The Kier molecular flexibility index (Phi) is 5.20. The van der Waals surface area contributed by atoms with Crippen LogP contribution in [0.1, 0.15) is 10.6 Å². The molecule has 0 atom stereocenters. The zero-order chi connectivity index (χ0) is 20.4. The van der Waals surface area contributed by atoms with E-state index in [9.17, 15) is 10.4 Å². The normalized spacial score (nSPS) is 12.0. The predicted octanol–water partition coefficient (Wildman–Crippen LogP) is 4.16. The Bertz CT molecular complexity index is 1220. The zero-order valence-corrected chi connectivity index (χ0v) is 17.0. The van der Waals surface area contributed by atoms with Gasteiger partial charge in [0.1, 0.15) is 22.4 Å². The number of aliphatic hydroxyl groups excluding tert-OH is 1. The van der Waals surface area contributed by atoms with E-state index in [2.05, 4.69) is 21.3 Å². The molecule has 29 heavy (non-hydrogen) atoms. The maximum Gasteiger partial charge on any atom is 0.210 e. The number of rotatable bonds is 5. The fourth-order valence-corrected chi connectivity index (χ4v) is 4.41. The zero-order valence-electron chi connectivity index (χ0n) is 15.4. The van der Waals surface area contributed by atoms with Gasteiger partial charge in [-0.1, -0.05) is 53.7 Å². The first-order valence-corrected chi connectivity index (χ1v) is 10.5. The van der Waals surface area contributed by atoms with Crippen molar-refractivity contribution in [3.05, 3.63) is 64.9 Å². The van der Waals surface area contributed by atoms with E-state index in [0.29, 0.717) is 16.0 Å². The summed E-state index contributed by atoms with van der Waals surface area (Å²) in [5, 5.41) is 29.2. The minimum absolute atomic E-state index is 0.0727. The van der Waals surface area contributed by atoms with Crippen molar-refractivity contribution in [1.82, 2.24) is 19.9 Å². The largest absolute Gasteiger partial charge is 0.510 e. The van der Waals surface area contributed by atoms with Crippen LogP contribution < -0.4 is 5.84 Å². The number of allylic oxidation sites excluding steroid dienone is 1. The minimum Gasteiger partial charge on any atom is -0.510 e. The number of hydrogen-bond acceptors (Lipinski definition) is 8. The Morgan fingerprint density at radius 2 is 1.97 bits per heavy atom. The van der Waals surface area contributed by atoms with Crippen LogP contribution in [0, 0.1) is 18.3 Å². The Balaban J connectivity index is 1.56. The van der Waals surface area contributed by atoms with E-state index >= 15 is 0 Å². The molecule has 3 N–H and O–H groups in total. The number of hydrogen-bond donors (Lipinski definition) is 2. The molecular weight excluding hydrogens is 404 g/mol. The van der Waals surface area contributed by atoms with Gasteiger partial charge >= 0.3 is 0 Å². The molecule has 0 fully saturated rings. The van der Waals surface area contributed by atoms with E-state index in [1.807, 2.05) is 55.5 Å². The van der Waals surface area contributed by atoms with E-state index in [-0.39, 0.29) is 17.1 Å². The summed E-state index contributed by atoms with van der Waals surface area (Å²) in [5.41, 5.74) is 2.94. The van der Waals surface area contributed by atoms with E-state index in [1.165, 1.54) is 27.8 Å². The number of nitrogens with zero attached hydrogens (tertiary/aromatic N) is 5. The van der Waals surface area contributed by atoms with Crippen LogP contribution in [-0.4, -0.2) is 30.7 Å². The minimum atomic E-state index is -0.0727. The van der Waals surface area contributed by atoms with Gasteiger partial charge in [-0.25, -0.2) is 9.66 Å². The SMILES string of the molecule is Cc1ccc(-c2nnc(SC/C(O)=C(\C#N)c3nc4ccccc4s3)n2N)cc1. The molecule has 144 valence electrons. The number of aromatic nitrogens is 4. The molecule has 0 aliphatic heterocycles. The van der Waals surface area contributed by atoms with E-state index in [1.54, 1.807) is 0 Å². The van der Waals surface area contributed by atoms with Crippen molar-refractivity contribution in [2.75, 3.05) is 11.6 Å². The molecule has 0 unspecified atom stereocenters. The van der Waals surface area contributed by atoms with Crippen molar-refractivity contribution < 1.29 is 5.11 Å². The second kappa shape index (κ2) is 7.95. The first kappa shape index (κ1) is 19.0. The average molecular weight is 421 g/mol. The van der Waals surface area contributed by atoms with Crippen molar-refractivity contribution in [2.24, 2.45) is 0 Å². The van der Waals surface area contributed by atoms with Crippen LogP contribution in [0.4, 0.5) is 0 Å². The van der Waals surface area contributed by atoms with Gasteiger partial charge in [-0.3, -0.25) is 0 Å². The van der Waals surface area contributed by atoms with Crippen LogP contribution in [0.2, 0.25) is 0 Å². The third kappa shape index (κ3) is 3.81. The highest BCUT2D eigenvalue weighted by Crippen LogP contribution is 2.30. The molecule has 2 heterocycles.